The Morgan fingerprint density at radius 3 is 2.89 bits per heavy atom. The van der Waals surface area contributed by atoms with E-state index in [1.54, 1.807) is 23.5 Å². The number of hydrogen-bond acceptors (Lipinski definition) is 3. The highest BCUT2D eigenvalue weighted by Crippen LogP contribution is 2.16. The molecule has 4 heteroatoms. The van der Waals surface area contributed by atoms with Gasteiger partial charge < -0.3 is 10.1 Å². The van der Waals surface area contributed by atoms with Crippen LogP contribution in [0.25, 0.3) is 0 Å². The summed E-state index contributed by atoms with van der Waals surface area (Å²) in [5.74, 6) is 0.327. The van der Waals surface area contributed by atoms with Crippen molar-refractivity contribution < 1.29 is 9.13 Å². The second-order valence-electron chi connectivity index (χ2n) is 3.96. The van der Waals surface area contributed by atoms with Gasteiger partial charge in [0.2, 0.25) is 0 Å². The minimum absolute atomic E-state index is 0.224. The first-order chi connectivity index (χ1) is 8.79. The molecule has 96 valence electrons. The molecule has 0 fully saturated rings. The summed E-state index contributed by atoms with van der Waals surface area (Å²) in [4.78, 5) is 1.35. The molecule has 2 aromatic rings. The van der Waals surface area contributed by atoms with E-state index in [1.807, 2.05) is 6.07 Å². The quantitative estimate of drug-likeness (QED) is 0.810. The minimum atomic E-state index is -0.224. The smallest absolute Gasteiger partial charge is 0.131 e. The van der Waals surface area contributed by atoms with E-state index >= 15 is 0 Å². The van der Waals surface area contributed by atoms with E-state index in [0.717, 1.165) is 13.0 Å². The maximum atomic E-state index is 13.6. The van der Waals surface area contributed by atoms with Gasteiger partial charge in [0.1, 0.15) is 11.6 Å². The Labute approximate surface area is 110 Å². The number of benzene rings is 1. The molecule has 18 heavy (non-hydrogen) atoms. The number of ether oxygens (including phenoxy) is 1. The normalized spacial score (nSPS) is 10.6. The Balaban J connectivity index is 1.79. The Morgan fingerprint density at radius 2 is 2.22 bits per heavy atom. The van der Waals surface area contributed by atoms with Crippen LogP contribution in [-0.2, 0) is 13.0 Å². The maximum Gasteiger partial charge on any atom is 0.131 e. The first kappa shape index (κ1) is 13.1. The van der Waals surface area contributed by atoms with Gasteiger partial charge in [0.25, 0.3) is 0 Å². The summed E-state index contributed by atoms with van der Waals surface area (Å²) in [5.41, 5.74) is 0.668. The van der Waals surface area contributed by atoms with Gasteiger partial charge in [-0.05, 0) is 23.9 Å². The van der Waals surface area contributed by atoms with Crippen LogP contribution in [0.15, 0.2) is 35.7 Å². The Kier molecular flexibility index (Phi) is 4.73. The summed E-state index contributed by atoms with van der Waals surface area (Å²) in [7, 11) is 1.54. The largest absolute Gasteiger partial charge is 0.497 e. The molecule has 1 aromatic heterocycles. The fraction of sp³-hybridized carbons (Fsp3) is 0.286. The van der Waals surface area contributed by atoms with E-state index in [9.17, 15) is 4.39 Å². The van der Waals surface area contributed by atoms with E-state index in [0.29, 0.717) is 17.9 Å². The summed E-state index contributed by atoms with van der Waals surface area (Å²) in [6.45, 7) is 1.40. The molecule has 0 saturated heterocycles. The third-order valence-electron chi connectivity index (χ3n) is 2.70. The first-order valence-corrected chi connectivity index (χ1v) is 6.73. The predicted octanol–water partition coefficient (Wildman–Crippen LogP) is 3.23. The van der Waals surface area contributed by atoms with Crippen molar-refractivity contribution in [2.45, 2.75) is 13.0 Å². The fourth-order valence-corrected chi connectivity index (χ4v) is 2.40. The Hall–Kier alpha value is -1.39. The molecule has 0 aliphatic rings. The highest BCUT2D eigenvalue weighted by molar-refractivity contribution is 7.09. The van der Waals surface area contributed by atoms with Crippen molar-refractivity contribution in [1.82, 2.24) is 5.32 Å². The molecule has 1 heterocycles. The molecular formula is C14H16FNOS. The standard InChI is InChI=1S/C14H16FNOS/c1-17-12-5-4-11(14(15)9-12)10-16-7-6-13-3-2-8-18-13/h2-5,8-9,16H,6-7,10H2,1H3. The van der Waals surface area contributed by atoms with Gasteiger partial charge in [-0.1, -0.05) is 12.1 Å². The lowest BCUT2D eigenvalue weighted by molar-refractivity contribution is 0.410. The van der Waals surface area contributed by atoms with Gasteiger partial charge in [-0.25, -0.2) is 4.39 Å². The third kappa shape index (κ3) is 3.55. The van der Waals surface area contributed by atoms with E-state index < -0.39 is 0 Å². The average Bonchev–Trinajstić information content (AvgIpc) is 2.89. The molecular weight excluding hydrogens is 249 g/mol. The molecule has 0 radical (unpaired) electrons. The summed E-state index contributed by atoms with van der Waals surface area (Å²) in [6, 6.07) is 9.10. The molecule has 0 amide bonds. The van der Waals surface area contributed by atoms with Crippen LogP contribution in [0.5, 0.6) is 5.75 Å². The zero-order valence-electron chi connectivity index (χ0n) is 10.3. The van der Waals surface area contributed by atoms with E-state index in [-0.39, 0.29) is 5.82 Å². The van der Waals surface area contributed by atoms with Crippen molar-refractivity contribution in [2.24, 2.45) is 0 Å². The molecule has 0 unspecified atom stereocenters. The van der Waals surface area contributed by atoms with Crippen molar-refractivity contribution in [2.75, 3.05) is 13.7 Å². The predicted molar refractivity (Wildman–Crippen MR) is 72.7 cm³/mol. The van der Waals surface area contributed by atoms with Gasteiger partial charge in [-0.15, -0.1) is 11.3 Å². The Bertz CT molecular complexity index is 485. The van der Waals surface area contributed by atoms with Crippen LogP contribution in [0, 0.1) is 5.82 Å². The van der Waals surface area contributed by atoms with Gasteiger partial charge in [0, 0.05) is 29.6 Å². The number of hydrogen-bond donors (Lipinski definition) is 1. The van der Waals surface area contributed by atoms with Crippen LogP contribution in [-0.4, -0.2) is 13.7 Å². The maximum absolute atomic E-state index is 13.6. The molecule has 0 spiro atoms. The van der Waals surface area contributed by atoms with Crippen LogP contribution in [0.2, 0.25) is 0 Å². The molecule has 1 aromatic carbocycles. The van der Waals surface area contributed by atoms with Crippen LogP contribution in [0.3, 0.4) is 0 Å². The number of nitrogens with one attached hydrogen (secondary N) is 1. The summed E-state index contributed by atoms with van der Waals surface area (Å²) in [6.07, 6.45) is 0.982. The van der Waals surface area contributed by atoms with Crippen molar-refractivity contribution in [3.63, 3.8) is 0 Å². The zero-order chi connectivity index (χ0) is 12.8. The zero-order valence-corrected chi connectivity index (χ0v) is 11.1. The SMILES string of the molecule is COc1ccc(CNCCc2cccs2)c(F)c1. The summed E-state index contributed by atoms with van der Waals surface area (Å²) < 4.78 is 18.6. The lowest BCUT2D eigenvalue weighted by atomic mass is 10.2. The van der Waals surface area contributed by atoms with Crippen molar-refractivity contribution in [1.29, 1.82) is 0 Å². The van der Waals surface area contributed by atoms with Gasteiger partial charge in [-0.2, -0.15) is 0 Å². The molecule has 0 atom stereocenters. The average molecular weight is 265 g/mol. The number of halogens is 1. The van der Waals surface area contributed by atoms with E-state index in [2.05, 4.69) is 16.8 Å². The molecule has 2 nitrogen and oxygen atoms in total. The van der Waals surface area contributed by atoms with Crippen LogP contribution >= 0.6 is 11.3 Å². The number of rotatable bonds is 6. The van der Waals surface area contributed by atoms with Gasteiger partial charge in [-0.3, -0.25) is 0 Å². The summed E-state index contributed by atoms with van der Waals surface area (Å²) >= 11 is 1.75. The van der Waals surface area contributed by atoms with Crippen molar-refractivity contribution in [3.05, 3.63) is 52.0 Å². The summed E-state index contributed by atoms with van der Waals surface area (Å²) in [5, 5.41) is 5.31. The molecule has 0 saturated carbocycles. The minimum Gasteiger partial charge on any atom is -0.497 e. The van der Waals surface area contributed by atoms with Crippen LogP contribution in [0.4, 0.5) is 4.39 Å². The molecule has 0 bridgehead atoms. The second-order valence-corrected chi connectivity index (χ2v) is 5.00. The Morgan fingerprint density at radius 1 is 1.33 bits per heavy atom. The molecule has 2 rings (SSSR count). The fourth-order valence-electron chi connectivity index (χ4n) is 1.69. The second kappa shape index (κ2) is 6.52. The van der Waals surface area contributed by atoms with Gasteiger partial charge >= 0.3 is 0 Å². The van der Waals surface area contributed by atoms with Crippen molar-refractivity contribution in [3.8, 4) is 5.75 Å². The third-order valence-corrected chi connectivity index (χ3v) is 3.64. The monoisotopic (exact) mass is 265 g/mol. The van der Waals surface area contributed by atoms with E-state index in [1.165, 1.54) is 18.1 Å². The van der Waals surface area contributed by atoms with Gasteiger partial charge in [0.15, 0.2) is 0 Å². The highest BCUT2D eigenvalue weighted by Gasteiger charge is 2.03. The number of thiophene rings is 1. The number of methoxy groups -OCH3 is 1. The highest BCUT2D eigenvalue weighted by atomic mass is 32.1. The lowest BCUT2D eigenvalue weighted by Crippen LogP contribution is -2.17. The van der Waals surface area contributed by atoms with Crippen LogP contribution in [0.1, 0.15) is 10.4 Å². The van der Waals surface area contributed by atoms with Crippen molar-refractivity contribution >= 4 is 11.3 Å². The van der Waals surface area contributed by atoms with E-state index in [4.69, 9.17) is 4.74 Å². The molecule has 0 aliphatic heterocycles. The molecule has 1 N–H and O–H groups in total. The molecule has 0 aliphatic carbocycles. The van der Waals surface area contributed by atoms with Crippen LogP contribution < -0.4 is 10.1 Å². The first-order valence-electron chi connectivity index (χ1n) is 5.85. The van der Waals surface area contributed by atoms with Gasteiger partial charge in [0.05, 0.1) is 7.11 Å². The lowest BCUT2D eigenvalue weighted by Gasteiger charge is -2.07. The topological polar surface area (TPSA) is 21.3 Å².